The summed E-state index contributed by atoms with van der Waals surface area (Å²) in [6.07, 6.45) is 2.72. The van der Waals surface area contributed by atoms with Crippen molar-refractivity contribution in [2.24, 2.45) is 5.16 Å². The van der Waals surface area contributed by atoms with Gasteiger partial charge < -0.3 is 9.94 Å². The topological polar surface area (TPSA) is 41.8 Å². The zero-order valence-corrected chi connectivity index (χ0v) is 8.86. The fourth-order valence-electron chi connectivity index (χ4n) is 1.92. The van der Waals surface area contributed by atoms with Crippen molar-refractivity contribution in [2.45, 2.75) is 26.2 Å². The van der Waals surface area contributed by atoms with Crippen molar-refractivity contribution >= 4 is 5.71 Å². The van der Waals surface area contributed by atoms with Gasteiger partial charge in [0.2, 0.25) is 0 Å². The van der Waals surface area contributed by atoms with Crippen LogP contribution in [0.3, 0.4) is 0 Å². The number of hydrogen-bond donors (Lipinski definition) is 1. The number of nitrogens with zero attached hydrogens (tertiary/aromatic N) is 1. The molecule has 3 nitrogen and oxygen atoms in total. The molecule has 0 aliphatic heterocycles. The molecule has 0 heterocycles. The molecule has 80 valence electrons. The normalized spacial score (nSPS) is 16.7. The minimum atomic E-state index is 0.738. The molecule has 15 heavy (non-hydrogen) atoms. The van der Waals surface area contributed by atoms with Gasteiger partial charge in [-0.1, -0.05) is 24.2 Å². The lowest BCUT2D eigenvalue weighted by molar-refractivity contribution is 0.314. The molecule has 0 radical (unpaired) electrons. The van der Waals surface area contributed by atoms with Crippen LogP contribution in [-0.2, 0) is 6.42 Å². The minimum absolute atomic E-state index is 0.738. The lowest BCUT2D eigenvalue weighted by Gasteiger charge is -2.09. The lowest BCUT2D eigenvalue weighted by atomic mass is 10.1. The summed E-state index contributed by atoms with van der Waals surface area (Å²) in [6, 6.07) is 5.91. The van der Waals surface area contributed by atoms with E-state index < -0.39 is 0 Å². The van der Waals surface area contributed by atoms with Gasteiger partial charge in [-0.3, -0.25) is 0 Å². The van der Waals surface area contributed by atoms with Crippen molar-refractivity contribution < 1.29 is 9.94 Å². The van der Waals surface area contributed by atoms with Crippen molar-refractivity contribution in [3.05, 3.63) is 29.3 Å². The Hall–Kier alpha value is -1.51. The number of rotatable bonds is 3. The summed E-state index contributed by atoms with van der Waals surface area (Å²) >= 11 is 0. The third-order valence-electron chi connectivity index (χ3n) is 2.64. The van der Waals surface area contributed by atoms with E-state index in [2.05, 4.69) is 12.1 Å². The Morgan fingerprint density at radius 3 is 3.00 bits per heavy atom. The Balaban J connectivity index is 2.31. The quantitative estimate of drug-likeness (QED) is 0.608. The maximum Gasteiger partial charge on any atom is 0.123 e. The number of hydrogen-bond acceptors (Lipinski definition) is 3. The molecular weight excluding hydrogens is 190 g/mol. The zero-order chi connectivity index (χ0) is 10.7. The smallest absolute Gasteiger partial charge is 0.123 e. The predicted molar refractivity (Wildman–Crippen MR) is 58.9 cm³/mol. The Morgan fingerprint density at radius 1 is 1.40 bits per heavy atom. The maximum absolute atomic E-state index is 8.83. The first-order valence-electron chi connectivity index (χ1n) is 5.32. The van der Waals surface area contributed by atoms with Crippen molar-refractivity contribution in [1.29, 1.82) is 0 Å². The molecule has 0 bridgehead atoms. The van der Waals surface area contributed by atoms with E-state index in [9.17, 15) is 0 Å². The summed E-state index contributed by atoms with van der Waals surface area (Å²) in [4.78, 5) is 0. The van der Waals surface area contributed by atoms with Crippen molar-refractivity contribution in [2.75, 3.05) is 6.61 Å². The summed E-state index contributed by atoms with van der Waals surface area (Å²) in [5.41, 5.74) is 2.98. The van der Waals surface area contributed by atoms with Gasteiger partial charge in [-0.25, -0.2) is 0 Å². The van der Waals surface area contributed by atoms with E-state index >= 15 is 0 Å². The van der Waals surface area contributed by atoms with Gasteiger partial charge in [0.05, 0.1) is 12.3 Å². The Bertz CT molecular complexity index is 385. The van der Waals surface area contributed by atoms with Gasteiger partial charge in [-0.15, -0.1) is 0 Å². The van der Waals surface area contributed by atoms with Crippen molar-refractivity contribution in [3.63, 3.8) is 0 Å². The number of fused-ring (bicyclic) bond motifs is 1. The van der Waals surface area contributed by atoms with Gasteiger partial charge in [-0.05, 0) is 25.3 Å². The first kappa shape index (κ1) is 10.0. The van der Waals surface area contributed by atoms with E-state index in [4.69, 9.17) is 9.94 Å². The van der Waals surface area contributed by atoms with Crippen LogP contribution in [-0.4, -0.2) is 17.5 Å². The summed E-state index contributed by atoms with van der Waals surface area (Å²) in [5.74, 6) is 0.938. The molecule has 0 saturated carbocycles. The van der Waals surface area contributed by atoms with Gasteiger partial charge in [0.1, 0.15) is 5.75 Å². The van der Waals surface area contributed by atoms with E-state index in [0.29, 0.717) is 0 Å². The second-order valence-electron chi connectivity index (χ2n) is 3.68. The van der Waals surface area contributed by atoms with Gasteiger partial charge >= 0.3 is 0 Å². The molecule has 1 aliphatic carbocycles. The molecule has 0 amide bonds. The van der Waals surface area contributed by atoms with Crippen LogP contribution in [0.25, 0.3) is 0 Å². The maximum atomic E-state index is 8.83. The van der Waals surface area contributed by atoms with Crippen molar-refractivity contribution in [1.82, 2.24) is 0 Å². The summed E-state index contributed by atoms with van der Waals surface area (Å²) in [6.45, 7) is 2.83. The first-order chi connectivity index (χ1) is 7.36. The van der Waals surface area contributed by atoms with E-state index in [0.717, 1.165) is 42.9 Å². The number of oxime groups is 1. The fourth-order valence-corrected chi connectivity index (χ4v) is 1.92. The highest BCUT2D eigenvalue weighted by Crippen LogP contribution is 2.30. The molecule has 0 unspecified atom stereocenters. The average molecular weight is 205 g/mol. The third kappa shape index (κ3) is 1.82. The highest BCUT2D eigenvalue weighted by molar-refractivity contribution is 6.04. The van der Waals surface area contributed by atoms with E-state index in [1.165, 1.54) is 5.56 Å². The standard InChI is InChI=1S/C12H15NO2/c1-2-8-15-12-5-3-4-9-10(12)6-7-11(9)13-14/h3-5,14H,2,6-8H2,1H3. The van der Waals surface area contributed by atoms with Gasteiger partial charge in [-0.2, -0.15) is 0 Å². The first-order valence-corrected chi connectivity index (χ1v) is 5.32. The summed E-state index contributed by atoms with van der Waals surface area (Å²) in [7, 11) is 0. The Labute approximate surface area is 89.4 Å². The van der Waals surface area contributed by atoms with Gasteiger partial charge in [0, 0.05) is 11.1 Å². The highest BCUT2D eigenvalue weighted by atomic mass is 16.5. The second-order valence-corrected chi connectivity index (χ2v) is 3.68. The average Bonchev–Trinajstić information content (AvgIpc) is 2.69. The molecule has 0 saturated heterocycles. The Morgan fingerprint density at radius 2 is 2.27 bits per heavy atom. The Kier molecular flexibility index (Phi) is 2.90. The van der Waals surface area contributed by atoms with E-state index in [1.807, 2.05) is 18.2 Å². The van der Waals surface area contributed by atoms with Crippen LogP contribution >= 0.6 is 0 Å². The second kappa shape index (κ2) is 4.34. The molecule has 1 aromatic rings. The van der Waals surface area contributed by atoms with Gasteiger partial charge in [0.25, 0.3) is 0 Å². The zero-order valence-electron chi connectivity index (χ0n) is 8.86. The van der Waals surface area contributed by atoms with Crippen LogP contribution in [0.4, 0.5) is 0 Å². The van der Waals surface area contributed by atoms with Crippen LogP contribution in [0.1, 0.15) is 30.9 Å². The van der Waals surface area contributed by atoms with Crippen LogP contribution < -0.4 is 4.74 Å². The molecule has 3 heteroatoms. The van der Waals surface area contributed by atoms with E-state index in [1.54, 1.807) is 0 Å². The molecule has 0 atom stereocenters. The molecule has 1 aromatic carbocycles. The predicted octanol–water partition coefficient (Wildman–Crippen LogP) is 2.60. The number of benzene rings is 1. The van der Waals surface area contributed by atoms with Crippen molar-refractivity contribution in [3.8, 4) is 5.75 Å². The van der Waals surface area contributed by atoms with Crippen LogP contribution in [0.5, 0.6) is 5.75 Å². The van der Waals surface area contributed by atoms with Crippen LogP contribution in [0.2, 0.25) is 0 Å². The largest absolute Gasteiger partial charge is 0.493 e. The molecule has 2 rings (SSSR count). The summed E-state index contributed by atoms with van der Waals surface area (Å²) < 4.78 is 5.65. The minimum Gasteiger partial charge on any atom is -0.493 e. The molecule has 1 N–H and O–H groups in total. The highest BCUT2D eigenvalue weighted by Gasteiger charge is 2.21. The number of ether oxygens (including phenoxy) is 1. The third-order valence-corrected chi connectivity index (χ3v) is 2.64. The molecular formula is C12H15NO2. The van der Waals surface area contributed by atoms with E-state index in [-0.39, 0.29) is 0 Å². The SMILES string of the molecule is CCCOc1cccc2c1CCC2=NO. The fraction of sp³-hybridized carbons (Fsp3) is 0.417. The lowest BCUT2D eigenvalue weighted by Crippen LogP contribution is -1.99. The molecule has 0 fully saturated rings. The van der Waals surface area contributed by atoms with Crippen LogP contribution in [0, 0.1) is 0 Å². The monoisotopic (exact) mass is 205 g/mol. The van der Waals surface area contributed by atoms with Crippen LogP contribution in [0.15, 0.2) is 23.4 Å². The molecule has 0 spiro atoms. The van der Waals surface area contributed by atoms with Gasteiger partial charge in [0.15, 0.2) is 0 Å². The molecule has 1 aliphatic rings. The summed E-state index contributed by atoms with van der Waals surface area (Å²) in [5, 5.41) is 12.1. The molecule has 0 aromatic heterocycles.